The van der Waals surface area contributed by atoms with Gasteiger partial charge in [-0.05, 0) is 6.92 Å². The minimum atomic E-state index is -1.64. The van der Waals surface area contributed by atoms with Gasteiger partial charge in [0.05, 0.1) is 5.38 Å². The third-order valence-corrected chi connectivity index (χ3v) is 3.19. The normalized spacial score (nSPS) is 16.5. The fourth-order valence-corrected chi connectivity index (χ4v) is 0.810. The predicted octanol–water partition coefficient (Wildman–Crippen LogP) is 1.46. The van der Waals surface area contributed by atoms with Crippen LogP contribution in [0.25, 0.3) is 0 Å². The van der Waals surface area contributed by atoms with Gasteiger partial charge in [0.25, 0.3) is 0 Å². The summed E-state index contributed by atoms with van der Waals surface area (Å²) >= 11 is 22.1. The molecule has 3 nitrogen and oxygen atoms in total. The van der Waals surface area contributed by atoms with E-state index < -0.39 is 21.8 Å². The zero-order valence-corrected chi connectivity index (χ0v) is 9.75. The van der Waals surface area contributed by atoms with Crippen molar-refractivity contribution in [2.75, 3.05) is 5.88 Å². The fourth-order valence-electron chi connectivity index (χ4n) is 0.505. The minimum absolute atomic E-state index is 0.280. The molecule has 0 heterocycles. The Kier molecular flexibility index (Phi) is 5.71. The molecule has 0 aliphatic carbocycles. The molecular weight excluding hydrogens is 260 g/mol. The molecule has 1 amide bonds. The second-order valence-electron chi connectivity index (χ2n) is 2.39. The standard InChI is InChI=1S/C6H9Cl4NO2/c1-3(8)6(9,10)5(13)11-4(12)2-7/h3,5,13H,2H2,1H3,(H,11,12)/t3-,5-/m0/s1. The molecule has 2 atom stereocenters. The van der Waals surface area contributed by atoms with Gasteiger partial charge in [0.1, 0.15) is 5.88 Å². The second-order valence-corrected chi connectivity index (χ2v) is 4.76. The van der Waals surface area contributed by atoms with Crippen molar-refractivity contribution in [2.45, 2.75) is 22.9 Å². The molecule has 0 aliphatic rings. The Morgan fingerprint density at radius 2 is 2.08 bits per heavy atom. The molecule has 0 aromatic carbocycles. The number of alkyl halides is 4. The van der Waals surface area contributed by atoms with Crippen molar-refractivity contribution in [2.24, 2.45) is 0 Å². The monoisotopic (exact) mass is 267 g/mol. The quantitative estimate of drug-likeness (QED) is 0.599. The summed E-state index contributed by atoms with van der Waals surface area (Å²) in [6, 6.07) is 0. The maximum atomic E-state index is 10.7. The van der Waals surface area contributed by atoms with Gasteiger partial charge in [-0.15, -0.1) is 23.2 Å². The molecular formula is C6H9Cl4NO2. The molecule has 0 rings (SSSR count). The third kappa shape index (κ3) is 4.09. The van der Waals surface area contributed by atoms with Gasteiger partial charge in [-0.25, -0.2) is 0 Å². The third-order valence-electron chi connectivity index (χ3n) is 1.31. The summed E-state index contributed by atoms with van der Waals surface area (Å²) < 4.78 is -1.64. The average Bonchev–Trinajstić information content (AvgIpc) is 2.03. The molecule has 13 heavy (non-hydrogen) atoms. The molecule has 78 valence electrons. The summed E-state index contributed by atoms with van der Waals surface area (Å²) in [4.78, 5) is 10.7. The molecule has 0 aliphatic heterocycles. The Morgan fingerprint density at radius 1 is 1.62 bits per heavy atom. The first kappa shape index (κ1) is 13.6. The van der Waals surface area contributed by atoms with E-state index >= 15 is 0 Å². The Balaban J connectivity index is 4.24. The molecule has 0 saturated carbocycles. The number of hydrogen-bond donors (Lipinski definition) is 2. The van der Waals surface area contributed by atoms with Crippen LogP contribution in [-0.2, 0) is 4.79 Å². The molecule has 0 saturated heterocycles. The summed E-state index contributed by atoms with van der Waals surface area (Å²) in [6.07, 6.45) is -1.45. The average molecular weight is 269 g/mol. The van der Waals surface area contributed by atoms with Crippen molar-refractivity contribution in [3.8, 4) is 0 Å². The highest BCUT2D eigenvalue weighted by molar-refractivity contribution is 6.52. The summed E-state index contributed by atoms with van der Waals surface area (Å²) in [5.41, 5.74) is 0. The lowest BCUT2D eigenvalue weighted by molar-refractivity contribution is -0.121. The topological polar surface area (TPSA) is 49.3 Å². The van der Waals surface area contributed by atoms with Crippen molar-refractivity contribution >= 4 is 52.3 Å². The van der Waals surface area contributed by atoms with Crippen LogP contribution < -0.4 is 5.32 Å². The van der Waals surface area contributed by atoms with Gasteiger partial charge in [0, 0.05) is 0 Å². The Morgan fingerprint density at radius 3 is 2.38 bits per heavy atom. The van der Waals surface area contributed by atoms with E-state index in [9.17, 15) is 9.90 Å². The van der Waals surface area contributed by atoms with Crippen LogP contribution >= 0.6 is 46.4 Å². The lowest BCUT2D eigenvalue weighted by Crippen LogP contribution is -2.50. The summed E-state index contributed by atoms with van der Waals surface area (Å²) in [5.74, 6) is -0.852. The smallest absolute Gasteiger partial charge is 0.236 e. The van der Waals surface area contributed by atoms with E-state index in [0.29, 0.717) is 0 Å². The largest absolute Gasteiger partial charge is 0.370 e. The Labute approximate surface area is 96.3 Å². The molecule has 0 radical (unpaired) electrons. The van der Waals surface area contributed by atoms with Crippen molar-refractivity contribution in [1.29, 1.82) is 0 Å². The van der Waals surface area contributed by atoms with Crippen molar-refractivity contribution in [1.82, 2.24) is 5.32 Å². The lowest BCUT2D eigenvalue weighted by Gasteiger charge is -2.28. The van der Waals surface area contributed by atoms with Crippen LogP contribution in [0.4, 0.5) is 0 Å². The van der Waals surface area contributed by atoms with Gasteiger partial charge < -0.3 is 10.4 Å². The van der Waals surface area contributed by atoms with E-state index in [2.05, 4.69) is 5.32 Å². The second kappa shape index (κ2) is 5.47. The highest BCUT2D eigenvalue weighted by Gasteiger charge is 2.39. The number of carbonyl (C=O) groups excluding carboxylic acids is 1. The van der Waals surface area contributed by atoms with E-state index in [0.717, 1.165) is 0 Å². The maximum absolute atomic E-state index is 10.7. The molecule has 0 aromatic heterocycles. The van der Waals surface area contributed by atoms with Crippen molar-refractivity contribution in [3.63, 3.8) is 0 Å². The first-order valence-electron chi connectivity index (χ1n) is 3.37. The van der Waals surface area contributed by atoms with Crippen molar-refractivity contribution in [3.05, 3.63) is 0 Å². The highest BCUT2D eigenvalue weighted by atomic mass is 35.5. The van der Waals surface area contributed by atoms with Crippen LogP contribution in [0.5, 0.6) is 0 Å². The molecule has 2 N–H and O–H groups in total. The van der Waals surface area contributed by atoms with E-state index in [1.165, 1.54) is 6.92 Å². The summed E-state index contributed by atoms with van der Waals surface area (Å²) in [5, 5.41) is 10.7. The number of nitrogens with one attached hydrogen (secondary N) is 1. The molecule has 7 heteroatoms. The Bertz CT molecular complexity index is 185. The molecule has 0 bridgehead atoms. The first-order valence-corrected chi connectivity index (χ1v) is 5.10. The zero-order valence-electron chi connectivity index (χ0n) is 6.73. The minimum Gasteiger partial charge on any atom is -0.370 e. The maximum Gasteiger partial charge on any atom is 0.236 e. The molecule has 0 unspecified atom stereocenters. The van der Waals surface area contributed by atoms with Crippen LogP contribution in [0.1, 0.15) is 6.92 Å². The number of rotatable bonds is 4. The van der Waals surface area contributed by atoms with E-state index in [4.69, 9.17) is 46.4 Å². The molecule has 0 spiro atoms. The summed E-state index contributed by atoms with van der Waals surface area (Å²) in [7, 11) is 0. The number of aliphatic hydroxyl groups excluding tert-OH is 1. The predicted molar refractivity (Wildman–Crippen MR) is 54.6 cm³/mol. The number of carbonyl (C=O) groups is 1. The van der Waals surface area contributed by atoms with Crippen LogP contribution in [0.15, 0.2) is 0 Å². The lowest BCUT2D eigenvalue weighted by atomic mass is 10.3. The van der Waals surface area contributed by atoms with E-state index in [1.807, 2.05) is 0 Å². The molecule has 0 aromatic rings. The van der Waals surface area contributed by atoms with Gasteiger partial charge in [-0.2, -0.15) is 0 Å². The van der Waals surface area contributed by atoms with Gasteiger partial charge >= 0.3 is 0 Å². The first-order chi connectivity index (χ1) is 5.82. The summed E-state index contributed by atoms with van der Waals surface area (Å²) in [6.45, 7) is 1.50. The highest BCUT2D eigenvalue weighted by Crippen LogP contribution is 2.31. The van der Waals surface area contributed by atoms with Crippen LogP contribution in [0.2, 0.25) is 0 Å². The fraction of sp³-hybridized carbons (Fsp3) is 0.833. The van der Waals surface area contributed by atoms with Gasteiger partial charge in [0.15, 0.2) is 10.6 Å². The van der Waals surface area contributed by atoms with E-state index in [1.54, 1.807) is 0 Å². The van der Waals surface area contributed by atoms with Crippen LogP contribution in [-0.4, -0.2) is 32.8 Å². The van der Waals surface area contributed by atoms with Gasteiger partial charge in [-0.3, -0.25) is 4.79 Å². The van der Waals surface area contributed by atoms with Crippen molar-refractivity contribution < 1.29 is 9.90 Å². The van der Waals surface area contributed by atoms with Crippen LogP contribution in [0.3, 0.4) is 0 Å². The number of hydrogen-bond acceptors (Lipinski definition) is 2. The van der Waals surface area contributed by atoms with Crippen LogP contribution in [0, 0.1) is 0 Å². The zero-order chi connectivity index (χ0) is 10.6. The number of halogens is 4. The van der Waals surface area contributed by atoms with Gasteiger partial charge in [0.2, 0.25) is 5.91 Å². The molecule has 0 fully saturated rings. The van der Waals surface area contributed by atoms with Gasteiger partial charge in [-0.1, -0.05) is 23.2 Å². The number of amides is 1. The SMILES string of the molecule is C[C@H](Cl)C(Cl)(Cl)[C@H](O)NC(=O)CCl. The number of aliphatic hydroxyl groups is 1. The van der Waals surface area contributed by atoms with E-state index in [-0.39, 0.29) is 5.88 Å². The Hall–Kier alpha value is 0.590.